The maximum atomic E-state index is 12.5. The number of carbonyl (C=O) groups is 1. The van der Waals surface area contributed by atoms with E-state index in [-0.39, 0.29) is 17.3 Å². The third-order valence-corrected chi connectivity index (χ3v) is 6.99. The predicted molar refractivity (Wildman–Crippen MR) is 111 cm³/mol. The Kier molecular flexibility index (Phi) is 6.28. The van der Waals surface area contributed by atoms with Gasteiger partial charge in [-0.1, -0.05) is 13.8 Å². The Morgan fingerprint density at radius 2 is 1.86 bits per heavy atom. The lowest BCUT2D eigenvalue weighted by Crippen LogP contribution is -2.30. The molecule has 28 heavy (non-hydrogen) atoms. The van der Waals surface area contributed by atoms with Gasteiger partial charge in [0.2, 0.25) is 15.9 Å². The van der Waals surface area contributed by atoms with E-state index in [9.17, 15) is 13.2 Å². The molecule has 0 saturated carbocycles. The monoisotopic (exact) mass is 418 g/mol. The highest BCUT2D eigenvalue weighted by atomic mass is 32.2. The summed E-state index contributed by atoms with van der Waals surface area (Å²) < 4.78 is 28.0. The van der Waals surface area contributed by atoms with E-state index in [0.29, 0.717) is 18.8 Å². The molecule has 0 aliphatic carbocycles. The first-order valence-corrected chi connectivity index (χ1v) is 11.3. The lowest BCUT2D eigenvalue weighted by Gasteiger charge is -2.18. The van der Waals surface area contributed by atoms with Crippen LogP contribution in [-0.4, -0.2) is 41.5 Å². The van der Waals surface area contributed by atoms with E-state index < -0.39 is 10.0 Å². The van der Waals surface area contributed by atoms with E-state index in [1.807, 2.05) is 22.9 Å². The Balaban J connectivity index is 1.63. The minimum absolute atomic E-state index is 0.0730. The molecule has 3 rings (SSSR count). The molecule has 148 valence electrons. The Bertz CT molecular complexity index is 1020. The summed E-state index contributed by atoms with van der Waals surface area (Å²) in [5.41, 5.74) is 2.38. The zero-order valence-electron chi connectivity index (χ0n) is 15.7. The van der Waals surface area contributed by atoms with E-state index in [0.717, 1.165) is 11.3 Å². The molecule has 0 radical (unpaired) electrons. The standard InChI is InChI=1S/C19H22N4O3S2/c1-3-23(4-2)28(25,26)17-7-5-16(6-8-17)20-19(24)13-22-11-9-18(21-22)15-10-12-27-14-15/h5-12,14H,3-4,13H2,1-2H3,(H,20,24). The second-order valence-electron chi connectivity index (χ2n) is 6.07. The summed E-state index contributed by atoms with van der Waals surface area (Å²) in [6.45, 7) is 4.50. The summed E-state index contributed by atoms with van der Waals surface area (Å²) in [4.78, 5) is 12.5. The minimum Gasteiger partial charge on any atom is -0.324 e. The fourth-order valence-electron chi connectivity index (χ4n) is 2.78. The zero-order chi connectivity index (χ0) is 20.1. The summed E-state index contributed by atoms with van der Waals surface area (Å²) in [5, 5.41) is 11.1. The molecule has 0 aliphatic rings. The molecule has 1 N–H and O–H groups in total. The van der Waals surface area contributed by atoms with Crippen LogP contribution in [0.25, 0.3) is 11.3 Å². The van der Waals surface area contributed by atoms with Gasteiger partial charge in [-0.2, -0.15) is 20.7 Å². The average molecular weight is 419 g/mol. The van der Waals surface area contributed by atoms with E-state index in [1.54, 1.807) is 48.2 Å². The Morgan fingerprint density at radius 1 is 1.14 bits per heavy atom. The molecular weight excluding hydrogens is 396 g/mol. The lowest BCUT2D eigenvalue weighted by molar-refractivity contribution is -0.116. The number of benzene rings is 1. The first-order valence-electron chi connectivity index (χ1n) is 8.90. The zero-order valence-corrected chi connectivity index (χ0v) is 17.3. The van der Waals surface area contributed by atoms with Crippen molar-refractivity contribution in [1.29, 1.82) is 0 Å². The van der Waals surface area contributed by atoms with Gasteiger partial charge in [-0.25, -0.2) is 8.42 Å². The molecule has 0 aliphatic heterocycles. The van der Waals surface area contributed by atoms with Gasteiger partial charge in [0.15, 0.2) is 0 Å². The van der Waals surface area contributed by atoms with Crippen LogP contribution < -0.4 is 5.32 Å². The van der Waals surface area contributed by atoms with Gasteiger partial charge in [-0.05, 0) is 41.8 Å². The van der Waals surface area contributed by atoms with Crippen LogP contribution in [0.1, 0.15) is 13.8 Å². The van der Waals surface area contributed by atoms with E-state index in [2.05, 4.69) is 10.4 Å². The molecule has 3 aromatic rings. The van der Waals surface area contributed by atoms with Crippen molar-refractivity contribution in [3.8, 4) is 11.3 Å². The van der Waals surface area contributed by atoms with Gasteiger partial charge in [-0.3, -0.25) is 9.48 Å². The third kappa shape index (κ3) is 4.49. The van der Waals surface area contributed by atoms with Crippen LogP contribution in [0.15, 0.2) is 58.3 Å². The van der Waals surface area contributed by atoms with Gasteiger partial charge in [-0.15, -0.1) is 0 Å². The summed E-state index contributed by atoms with van der Waals surface area (Å²) in [6.07, 6.45) is 1.76. The van der Waals surface area contributed by atoms with E-state index >= 15 is 0 Å². The number of hydrogen-bond donors (Lipinski definition) is 1. The SMILES string of the molecule is CCN(CC)S(=O)(=O)c1ccc(NC(=O)Cn2ccc(-c3ccsc3)n2)cc1. The second-order valence-corrected chi connectivity index (χ2v) is 8.79. The largest absolute Gasteiger partial charge is 0.324 e. The van der Waals surface area contributed by atoms with E-state index in [1.165, 1.54) is 16.4 Å². The molecule has 0 unspecified atom stereocenters. The van der Waals surface area contributed by atoms with Crippen LogP contribution in [0.4, 0.5) is 5.69 Å². The lowest BCUT2D eigenvalue weighted by atomic mass is 10.2. The number of carbonyl (C=O) groups excluding carboxylic acids is 1. The quantitative estimate of drug-likeness (QED) is 0.608. The van der Waals surface area contributed by atoms with Crippen LogP contribution in [0.2, 0.25) is 0 Å². The number of nitrogens with one attached hydrogen (secondary N) is 1. The highest BCUT2D eigenvalue weighted by Crippen LogP contribution is 2.20. The van der Waals surface area contributed by atoms with Gasteiger partial charge in [0.05, 0.1) is 10.6 Å². The van der Waals surface area contributed by atoms with Crippen molar-refractivity contribution in [3.63, 3.8) is 0 Å². The second kappa shape index (κ2) is 8.68. The van der Waals surface area contributed by atoms with Gasteiger partial charge >= 0.3 is 0 Å². The maximum Gasteiger partial charge on any atom is 0.246 e. The fourth-order valence-corrected chi connectivity index (χ4v) is 4.89. The fraction of sp³-hybridized carbons (Fsp3) is 0.263. The first kappa shape index (κ1) is 20.2. The number of hydrogen-bond acceptors (Lipinski definition) is 5. The number of sulfonamides is 1. The summed E-state index contributed by atoms with van der Waals surface area (Å²) in [7, 11) is -3.51. The molecular formula is C19H22N4O3S2. The molecule has 7 nitrogen and oxygen atoms in total. The molecule has 0 bridgehead atoms. The Labute approximate surface area is 168 Å². The molecule has 9 heteroatoms. The van der Waals surface area contributed by atoms with Crippen molar-refractivity contribution in [3.05, 3.63) is 53.4 Å². The molecule has 0 saturated heterocycles. The smallest absolute Gasteiger partial charge is 0.246 e. The van der Waals surface area contributed by atoms with Crippen molar-refractivity contribution in [2.45, 2.75) is 25.3 Å². The summed E-state index contributed by atoms with van der Waals surface area (Å²) >= 11 is 1.59. The van der Waals surface area contributed by atoms with Crippen LogP contribution in [-0.2, 0) is 21.4 Å². The van der Waals surface area contributed by atoms with Crippen molar-refractivity contribution in [2.75, 3.05) is 18.4 Å². The molecule has 2 heterocycles. The number of amides is 1. The van der Waals surface area contributed by atoms with Gasteiger partial charge in [0.25, 0.3) is 0 Å². The van der Waals surface area contributed by atoms with E-state index in [4.69, 9.17) is 0 Å². The highest BCUT2D eigenvalue weighted by Gasteiger charge is 2.21. The normalized spacial score (nSPS) is 11.7. The van der Waals surface area contributed by atoms with Crippen molar-refractivity contribution < 1.29 is 13.2 Å². The molecule has 1 amide bonds. The van der Waals surface area contributed by atoms with Crippen LogP contribution in [0.3, 0.4) is 0 Å². The van der Waals surface area contributed by atoms with Crippen LogP contribution in [0.5, 0.6) is 0 Å². The van der Waals surface area contributed by atoms with Crippen molar-refractivity contribution in [2.24, 2.45) is 0 Å². The Morgan fingerprint density at radius 3 is 2.46 bits per heavy atom. The number of anilines is 1. The maximum absolute atomic E-state index is 12.5. The van der Waals surface area contributed by atoms with Gasteiger partial charge in [0, 0.05) is 35.9 Å². The third-order valence-electron chi connectivity index (χ3n) is 4.24. The summed E-state index contributed by atoms with van der Waals surface area (Å²) in [6, 6.07) is 10.0. The highest BCUT2D eigenvalue weighted by molar-refractivity contribution is 7.89. The van der Waals surface area contributed by atoms with Crippen LogP contribution >= 0.6 is 11.3 Å². The van der Waals surface area contributed by atoms with Crippen molar-refractivity contribution >= 4 is 33.0 Å². The predicted octanol–water partition coefficient (Wildman–Crippen LogP) is 3.28. The Hall–Kier alpha value is -2.49. The minimum atomic E-state index is -3.51. The number of thiophene rings is 1. The van der Waals surface area contributed by atoms with Gasteiger partial charge in [0.1, 0.15) is 6.54 Å². The van der Waals surface area contributed by atoms with Crippen LogP contribution in [0, 0.1) is 0 Å². The molecule has 0 spiro atoms. The molecule has 0 atom stereocenters. The molecule has 2 aromatic heterocycles. The average Bonchev–Trinajstić information content (AvgIpc) is 3.34. The summed E-state index contributed by atoms with van der Waals surface area (Å²) in [5.74, 6) is -0.237. The molecule has 1 aromatic carbocycles. The number of nitrogens with zero attached hydrogens (tertiary/aromatic N) is 3. The number of rotatable bonds is 8. The first-order chi connectivity index (χ1) is 13.4. The number of aromatic nitrogens is 2. The van der Waals surface area contributed by atoms with Gasteiger partial charge < -0.3 is 5.32 Å². The van der Waals surface area contributed by atoms with Crippen molar-refractivity contribution in [1.82, 2.24) is 14.1 Å². The topological polar surface area (TPSA) is 84.3 Å². The molecule has 0 fully saturated rings.